The van der Waals surface area contributed by atoms with Crippen LogP contribution in [0.5, 0.6) is 0 Å². The number of carbonyl (C=O) groups is 2. The molecule has 3 rings (SSSR count). The summed E-state index contributed by atoms with van der Waals surface area (Å²) in [7, 11) is 3.95. The SMILES string of the molecule is CN(C)c1ccc(C(=O)NCC2CCN(C(=O)c3ccncc3)CC2)cc1. The maximum absolute atomic E-state index is 12.5. The Labute approximate surface area is 160 Å². The van der Waals surface area contributed by atoms with Crippen LogP contribution in [0.4, 0.5) is 5.69 Å². The van der Waals surface area contributed by atoms with Gasteiger partial charge in [0.2, 0.25) is 0 Å². The van der Waals surface area contributed by atoms with Gasteiger partial charge in [-0.2, -0.15) is 0 Å². The molecule has 1 aromatic heterocycles. The molecule has 2 heterocycles. The van der Waals surface area contributed by atoms with E-state index in [2.05, 4.69) is 10.3 Å². The lowest BCUT2D eigenvalue weighted by molar-refractivity contribution is 0.0684. The lowest BCUT2D eigenvalue weighted by Crippen LogP contribution is -2.41. The standard InChI is InChI=1S/C21H26N4O2/c1-24(2)19-5-3-17(4-6-19)20(26)23-15-16-9-13-25(14-10-16)21(27)18-7-11-22-12-8-18/h3-8,11-12,16H,9-10,13-15H2,1-2H3,(H,23,26). The summed E-state index contributed by atoms with van der Waals surface area (Å²) in [6, 6.07) is 11.1. The number of hydrogen-bond acceptors (Lipinski definition) is 4. The van der Waals surface area contributed by atoms with Crippen molar-refractivity contribution >= 4 is 17.5 Å². The summed E-state index contributed by atoms with van der Waals surface area (Å²) in [6.07, 6.45) is 5.08. The van der Waals surface area contributed by atoms with E-state index in [0.717, 1.165) is 31.6 Å². The molecule has 6 heteroatoms. The van der Waals surface area contributed by atoms with E-state index in [1.54, 1.807) is 24.5 Å². The van der Waals surface area contributed by atoms with Gasteiger partial charge in [-0.05, 0) is 55.2 Å². The van der Waals surface area contributed by atoms with Crippen molar-refractivity contribution in [3.63, 3.8) is 0 Å². The molecule has 0 bridgehead atoms. The lowest BCUT2D eigenvalue weighted by Gasteiger charge is -2.32. The molecule has 2 amide bonds. The Morgan fingerprint density at radius 2 is 1.67 bits per heavy atom. The molecule has 1 aliphatic rings. The summed E-state index contributed by atoms with van der Waals surface area (Å²) < 4.78 is 0. The van der Waals surface area contributed by atoms with E-state index in [4.69, 9.17) is 0 Å². The van der Waals surface area contributed by atoms with Crippen LogP contribution in [-0.4, -0.2) is 55.4 Å². The van der Waals surface area contributed by atoms with Crippen molar-refractivity contribution in [1.29, 1.82) is 0 Å². The Balaban J connectivity index is 1.45. The third kappa shape index (κ3) is 4.84. The first-order chi connectivity index (χ1) is 13.0. The zero-order valence-corrected chi connectivity index (χ0v) is 15.9. The molecule has 0 atom stereocenters. The number of piperidine rings is 1. The van der Waals surface area contributed by atoms with E-state index in [9.17, 15) is 9.59 Å². The van der Waals surface area contributed by atoms with Crippen LogP contribution in [0.15, 0.2) is 48.8 Å². The Kier molecular flexibility index (Phi) is 6.06. The second kappa shape index (κ2) is 8.66. The van der Waals surface area contributed by atoms with Gasteiger partial charge < -0.3 is 15.1 Å². The van der Waals surface area contributed by atoms with Gasteiger partial charge in [-0.3, -0.25) is 14.6 Å². The van der Waals surface area contributed by atoms with E-state index in [1.807, 2.05) is 48.2 Å². The van der Waals surface area contributed by atoms with Crippen LogP contribution in [0.1, 0.15) is 33.6 Å². The van der Waals surface area contributed by atoms with Crippen LogP contribution >= 0.6 is 0 Å². The van der Waals surface area contributed by atoms with Gasteiger partial charge in [-0.15, -0.1) is 0 Å². The van der Waals surface area contributed by atoms with Crippen molar-refractivity contribution < 1.29 is 9.59 Å². The molecule has 27 heavy (non-hydrogen) atoms. The predicted molar refractivity (Wildman–Crippen MR) is 106 cm³/mol. The first-order valence-electron chi connectivity index (χ1n) is 9.29. The summed E-state index contributed by atoms with van der Waals surface area (Å²) in [6.45, 7) is 2.09. The molecular formula is C21H26N4O2. The number of pyridine rings is 1. The molecule has 2 aromatic rings. The molecule has 1 aromatic carbocycles. The Morgan fingerprint density at radius 1 is 1.04 bits per heavy atom. The highest BCUT2D eigenvalue weighted by Crippen LogP contribution is 2.19. The second-order valence-corrected chi connectivity index (χ2v) is 7.12. The normalized spacial score (nSPS) is 14.7. The second-order valence-electron chi connectivity index (χ2n) is 7.12. The monoisotopic (exact) mass is 366 g/mol. The minimum absolute atomic E-state index is 0.0457. The average Bonchev–Trinajstić information content (AvgIpc) is 2.72. The molecule has 0 unspecified atom stereocenters. The van der Waals surface area contributed by atoms with E-state index < -0.39 is 0 Å². The van der Waals surface area contributed by atoms with Crippen LogP contribution in [-0.2, 0) is 0 Å². The van der Waals surface area contributed by atoms with Gasteiger partial charge in [-0.1, -0.05) is 0 Å². The van der Waals surface area contributed by atoms with Gasteiger partial charge in [0, 0.05) is 62.9 Å². The molecule has 142 valence electrons. The van der Waals surface area contributed by atoms with Crippen molar-refractivity contribution in [3.05, 3.63) is 59.9 Å². The highest BCUT2D eigenvalue weighted by atomic mass is 16.2. The molecule has 1 N–H and O–H groups in total. The number of likely N-dealkylation sites (tertiary alicyclic amines) is 1. The molecule has 0 saturated carbocycles. The quantitative estimate of drug-likeness (QED) is 0.883. The van der Waals surface area contributed by atoms with Crippen molar-refractivity contribution in [3.8, 4) is 0 Å². The number of amides is 2. The molecule has 1 saturated heterocycles. The molecule has 1 fully saturated rings. The number of carbonyl (C=O) groups excluding carboxylic acids is 2. The number of nitrogens with zero attached hydrogens (tertiary/aromatic N) is 3. The maximum Gasteiger partial charge on any atom is 0.253 e. The number of rotatable bonds is 5. The molecule has 0 radical (unpaired) electrons. The van der Waals surface area contributed by atoms with Crippen molar-refractivity contribution in [1.82, 2.24) is 15.2 Å². The number of hydrogen-bond donors (Lipinski definition) is 1. The molecule has 0 aliphatic carbocycles. The summed E-state index contributed by atoms with van der Waals surface area (Å²) in [4.78, 5) is 32.6. The largest absolute Gasteiger partial charge is 0.378 e. The highest BCUT2D eigenvalue weighted by Gasteiger charge is 2.24. The van der Waals surface area contributed by atoms with Crippen LogP contribution in [0, 0.1) is 5.92 Å². The van der Waals surface area contributed by atoms with Crippen molar-refractivity contribution in [2.75, 3.05) is 38.6 Å². The average molecular weight is 366 g/mol. The summed E-state index contributed by atoms with van der Waals surface area (Å²) in [5, 5.41) is 3.03. The topological polar surface area (TPSA) is 65.5 Å². The molecule has 0 spiro atoms. The van der Waals surface area contributed by atoms with Gasteiger partial charge >= 0.3 is 0 Å². The molecule has 6 nitrogen and oxygen atoms in total. The van der Waals surface area contributed by atoms with E-state index in [1.165, 1.54) is 0 Å². The zero-order valence-electron chi connectivity index (χ0n) is 15.9. The molecular weight excluding hydrogens is 340 g/mol. The van der Waals surface area contributed by atoms with Crippen LogP contribution < -0.4 is 10.2 Å². The van der Waals surface area contributed by atoms with E-state index in [-0.39, 0.29) is 11.8 Å². The van der Waals surface area contributed by atoms with Gasteiger partial charge in [-0.25, -0.2) is 0 Å². The van der Waals surface area contributed by atoms with Crippen LogP contribution in [0.2, 0.25) is 0 Å². The molecule has 1 aliphatic heterocycles. The number of anilines is 1. The minimum Gasteiger partial charge on any atom is -0.378 e. The van der Waals surface area contributed by atoms with Crippen molar-refractivity contribution in [2.24, 2.45) is 5.92 Å². The highest BCUT2D eigenvalue weighted by molar-refractivity contribution is 5.95. The summed E-state index contributed by atoms with van der Waals surface area (Å²) in [5.41, 5.74) is 2.42. The smallest absolute Gasteiger partial charge is 0.253 e. The van der Waals surface area contributed by atoms with Crippen LogP contribution in [0.3, 0.4) is 0 Å². The Hall–Kier alpha value is -2.89. The van der Waals surface area contributed by atoms with Crippen molar-refractivity contribution in [2.45, 2.75) is 12.8 Å². The van der Waals surface area contributed by atoms with Gasteiger partial charge in [0.05, 0.1) is 0 Å². The fourth-order valence-electron chi connectivity index (χ4n) is 3.27. The van der Waals surface area contributed by atoms with Gasteiger partial charge in [0.25, 0.3) is 11.8 Å². The Morgan fingerprint density at radius 3 is 2.26 bits per heavy atom. The summed E-state index contributed by atoms with van der Waals surface area (Å²) in [5.74, 6) is 0.410. The van der Waals surface area contributed by atoms with E-state index in [0.29, 0.717) is 23.6 Å². The third-order valence-electron chi connectivity index (χ3n) is 5.03. The maximum atomic E-state index is 12.5. The van der Waals surface area contributed by atoms with Gasteiger partial charge in [0.1, 0.15) is 0 Å². The number of benzene rings is 1. The minimum atomic E-state index is -0.0457. The van der Waals surface area contributed by atoms with Crippen LogP contribution in [0.25, 0.3) is 0 Å². The first kappa shape index (κ1) is 18.9. The fraction of sp³-hybridized carbons (Fsp3) is 0.381. The van der Waals surface area contributed by atoms with Gasteiger partial charge in [0.15, 0.2) is 0 Å². The number of aromatic nitrogens is 1. The lowest BCUT2D eigenvalue weighted by atomic mass is 9.96. The third-order valence-corrected chi connectivity index (χ3v) is 5.03. The summed E-state index contributed by atoms with van der Waals surface area (Å²) >= 11 is 0. The zero-order chi connectivity index (χ0) is 19.2. The predicted octanol–water partition coefficient (Wildman–Crippen LogP) is 2.43. The fourth-order valence-corrected chi connectivity index (χ4v) is 3.27. The first-order valence-corrected chi connectivity index (χ1v) is 9.29. The van der Waals surface area contributed by atoms with E-state index >= 15 is 0 Å². The Bertz CT molecular complexity index is 767. The number of nitrogens with one attached hydrogen (secondary N) is 1.